The van der Waals surface area contributed by atoms with Gasteiger partial charge in [-0.3, -0.25) is 0 Å². The fourth-order valence-electron chi connectivity index (χ4n) is 2.85. The van der Waals surface area contributed by atoms with E-state index in [4.69, 9.17) is 14.7 Å². The molecule has 24 heavy (non-hydrogen) atoms. The van der Waals surface area contributed by atoms with Gasteiger partial charge in [-0.2, -0.15) is 0 Å². The molecule has 0 bridgehead atoms. The van der Waals surface area contributed by atoms with Gasteiger partial charge in [0.15, 0.2) is 5.16 Å². The van der Waals surface area contributed by atoms with E-state index >= 15 is 0 Å². The fourth-order valence-corrected chi connectivity index (χ4v) is 4.58. The summed E-state index contributed by atoms with van der Waals surface area (Å²) in [6.45, 7) is 9.34. The number of nitrogens with zero attached hydrogens (tertiary/aromatic N) is 2. The van der Waals surface area contributed by atoms with Crippen LogP contribution in [0.1, 0.15) is 44.6 Å². The molecular weight excluding hydrogens is 342 g/mol. The van der Waals surface area contributed by atoms with Crippen molar-refractivity contribution >= 4 is 39.1 Å². The molecular formula is C17H25N3O2S2. The minimum atomic E-state index is -0.420. The molecule has 2 aromatic rings. The minimum absolute atomic E-state index is 0.126. The number of ether oxygens (including phenoxy) is 1. The van der Waals surface area contributed by atoms with Gasteiger partial charge in [-0.1, -0.05) is 25.6 Å². The highest BCUT2D eigenvalue weighted by atomic mass is 32.2. The third-order valence-corrected chi connectivity index (χ3v) is 6.23. The van der Waals surface area contributed by atoms with Crippen molar-refractivity contribution in [3.05, 3.63) is 10.4 Å². The average molecular weight is 368 g/mol. The summed E-state index contributed by atoms with van der Waals surface area (Å²) in [4.78, 5) is 11.7. The summed E-state index contributed by atoms with van der Waals surface area (Å²) >= 11 is 3.35. The lowest BCUT2D eigenvalue weighted by molar-refractivity contribution is -0.0542. The molecule has 7 heteroatoms. The Hall–Kier alpha value is -0.890. The summed E-state index contributed by atoms with van der Waals surface area (Å²) in [6.07, 6.45) is 1.44. The van der Waals surface area contributed by atoms with Gasteiger partial charge in [-0.25, -0.2) is 9.97 Å². The molecule has 0 saturated heterocycles. The Balaban J connectivity index is 2.09. The van der Waals surface area contributed by atoms with E-state index in [2.05, 4.69) is 26.1 Å². The fraction of sp³-hybridized carbons (Fsp3) is 0.647. The summed E-state index contributed by atoms with van der Waals surface area (Å²) in [5.74, 6) is 1.78. The van der Waals surface area contributed by atoms with Crippen LogP contribution in [0.4, 0.5) is 5.82 Å². The summed E-state index contributed by atoms with van der Waals surface area (Å²) in [6, 6.07) is 0. The second kappa shape index (κ2) is 7.15. The molecule has 1 aliphatic rings. The Kier molecular flexibility index (Phi) is 5.34. The third kappa shape index (κ3) is 3.54. The van der Waals surface area contributed by atoms with Gasteiger partial charge < -0.3 is 15.2 Å². The van der Waals surface area contributed by atoms with Crippen LogP contribution in [-0.4, -0.2) is 39.1 Å². The first-order chi connectivity index (χ1) is 11.5. The number of thiophene rings is 1. The van der Waals surface area contributed by atoms with E-state index in [0.717, 1.165) is 39.8 Å². The van der Waals surface area contributed by atoms with E-state index in [1.54, 1.807) is 30.0 Å². The molecule has 0 spiro atoms. The molecule has 132 valence electrons. The summed E-state index contributed by atoms with van der Waals surface area (Å²) in [5.41, 5.74) is 1.19. The Morgan fingerprint density at radius 2 is 2.21 bits per heavy atom. The smallest absolute Gasteiger partial charge is 0.190 e. The van der Waals surface area contributed by atoms with Crippen LogP contribution in [0.5, 0.6) is 0 Å². The topological polar surface area (TPSA) is 67.3 Å². The standard InChI is InChI=1S/C17H25N3O2S2/c1-5-17(4)7-11-12(9-22-17)24-15-13(11)14(18-8-10(3)21)19-16(20-15)23-6-2/h10,21H,5-9H2,1-4H3,(H,18,19,20)/t10-,17+/m0/s1. The molecule has 2 atom stereocenters. The highest BCUT2D eigenvalue weighted by Gasteiger charge is 2.33. The van der Waals surface area contributed by atoms with Crippen molar-refractivity contribution in [2.75, 3.05) is 17.6 Å². The van der Waals surface area contributed by atoms with Gasteiger partial charge in [-0.15, -0.1) is 11.3 Å². The molecule has 2 aromatic heterocycles. The Labute approximate surface area is 151 Å². The van der Waals surface area contributed by atoms with Gasteiger partial charge in [0.25, 0.3) is 0 Å². The number of anilines is 1. The summed E-state index contributed by atoms with van der Waals surface area (Å²) in [5, 5.41) is 14.9. The van der Waals surface area contributed by atoms with E-state index in [1.807, 2.05) is 0 Å². The van der Waals surface area contributed by atoms with Gasteiger partial charge in [0.05, 0.1) is 23.7 Å². The van der Waals surface area contributed by atoms with Gasteiger partial charge in [0, 0.05) is 17.8 Å². The zero-order valence-electron chi connectivity index (χ0n) is 14.7. The lowest BCUT2D eigenvalue weighted by Crippen LogP contribution is -2.34. The normalized spacial score (nSPS) is 21.7. The van der Waals surface area contributed by atoms with Crippen LogP contribution in [0.2, 0.25) is 0 Å². The van der Waals surface area contributed by atoms with E-state index in [-0.39, 0.29) is 5.60 Å². The molecule has 0 fully saturated rings. The molecule has 0 aromatic carbocycles. The molecule has 3 heterocycles. The number of fused-ring (bicyclic) bond motifs is 3. The molecule has 0 aliphatic carbocycles. The van der Waals surface area contributed by atoms with E-state index in [9.17, 15) is 5.11 Å². The molecule has 0 saturated carbocycles. The highest BCUT2D eigenvalue weighted by Crippen LogP contribution is 2.42. The maximum absolute atomic E-state index is 9.64. The Morgan fingerprint density at radius 3 is 2.88 bits per heavy atom. The molecule has 0 unspecified atom stereocenters. The van der Waals surface area contributed by atoms with Crippen LogP contribution < -0.4 is 5.32 Å². The first-order valence-corrected chi connectivity index (χ1v) is 10.3. The van der Waals surface area contributed by atoms with E-state index in [1.165, 1.54) is 10.4 Å². The van der Waals surface area contributed by atoms with Gasteiger partial charge in [0.2, 0.25) is 0 Å². The predicted molar refractivity (Wildman–Crippen MR) is 101 cm³/mol. The van der Waals surface area contributed by atoms with Gasteiger partial charge in [-0.05, 0) is 31.6 Å². The van der Waals surface area contributed by atoms with Crippen molar-refractivity contribution in [3.8, 4) is 0 Å². The van der Waals surface area contributed by atoms with Crippen molar-refractivity contribution < 1.29 is 9.84 Å². The second-order valence-corrected chi connectivity index (χ2v) is 8.79. The van der Waals surface area contributed by atoms with Crippen molar-refractivity contribution in [1.29, 1.82) is 0 Å². The Morgan fingerprint density at radius 1 is 1.42 bits per heavy atom. The van der Waals surface area contributed by atoms with E-state index < -0.39 is 6.10 Å². The van der Waals surface area contributed by atoms with Gasteiger partial charge >= 0.3 is 0 Å². The number of hydrogen-bond donors (Lipinski definition) is 2. The number of aliphatic hydroxyl groups is 1. The van der Waals surface area contributed by atoms with Crippen LogP contribution in [0.15, 0.2) is 5.16 Å². The lowest BCUT2D eigenvalue weighted by Gasteiger charge is -2.33. The van der Waals surface area contributed by atoms with Crippen molar-refractivity contribution in [2.24, 2.45) is 0 Å². The number of hydrogen-bond acceptors (Lipinski definition) is 7. The summed E-state index contributed by atoms with van der Waals surface area (Å²) in [7, 11) is 0. The third-order valence-electron chi connectivity index (χ3n) is 4.40. The number of aliphatic hydroxyl groups excluding tert-OH is 1. The number of nitrogens with one attached hydrogen (secondary N) is 1. The van der Waals surface area contributed by atoms with Gasteiger partial charge in [0.1, 0.15) is 10.6 Å². The Bertz CT molecular complexity index is 732. The highest BCUT2D eigenvalue weighted by molar-refractivity contribution is 7.99. The van der Waals surface area contributed by atoms with Crippen LogP contribution in [0, 0.1) is 0 Å². The first kappa shape index (κ1) is 17.9. The monoisotopic (exact) mass is 367 g/mol. The molecule has 0 amide bonds. The predicted octanol–water partition coefficient (Wildman–Crippen LogP) is 3.84. The number of aromatic nitrogens is 2. The van der Waals surface area contributed by atoms with Crippen molar-refractivity contribution in [3.63, 3.8) is 0 Å². The molecule has 3 rings (SSSR count). The van der Waals surface area contributed by atoms with Crippen LogP contribution in [0.3, 0.4) is 0 Å². The molecule has 1 aliphatic heterocycles. The quantitative estimate of drug-likeness (QED) is 0.597. The maximum atomic E-state index is 9.64. The van der Waals surface area contributed by atoms with Crippen LogP contribution in [-0.2, 0) is 17.8 Å². The van der Waals surface area contributed by atoms with E-state index in [0.29, 0.717) is 13.2 Å². The number of rotatable bonds is 6. The molecule has 0 radical (unpaired) electrons. The van der Waals surface area contributed by atoms with Crippen LogP contribution >= 0.6 is 23.1 Å². The van der Waals surface area contributed by atoms with Crippen LogP contribution in [0.25, 0.3) is 10.2 Å². The summed E-state index contributed by atoms with van der Waals surface area (Å²) < 4.78 is 6.08. The van der Waals surface area contributed by atoms with Crippen molar-refractivity contribution in [2.45, 2.75) is 64.0 Å². The maximum Gasteiger partial charge on any atom is 0.190 e. The van der Waals surface area contributed by atoms with Crippen molar-refractivity contribution in [1.82, 2.24) is 9.97 Å². The lowest BCUT2D eigenvalue weighted by atomic mass is 9.90. The average Bonchev–Trinajstić information content (AvgIpc) is 2.90. The minimum Gasteiger partial charge on any atom is -0.392 e. The first-order valence-electron chi connectivity index (χ1n) is 8.46. The zero-order chi connectivity index (χ0) is 17.3. The molecule has 2 N–H and O–H groups in total. The molecule has 5 nitrogen and oxygen atoms in total. The second-order valence-electron chi connectivity index (χ2n) is 6.47. The number of thioether (sulfide) groups is 1. The SMILES string of the molecule is CCSc1nc(NC[C@H](C)O)c2c3c(sc2n1)CO[C@](C)(CC)C3. The zero-order valence-corrected chi connectivity index (χ0v) is 16.3. The largest absolute Gasteiger partial charge is 0.392 e.